The first-order chi connectivity index (χ1) is 9.49. The third kappa shape index (κ3) is 3.06. The number of aromatic nitrogens is 2. The first-order valence-corrected chi connectivity index (χ1v) is 6.64. The van der Waals surface area contributed by atoms with Crippen LogP contribution < -0.4 is 5.73 Å². The average Bonchev–Trinajstić information content (AvgIpc) is 2.83. The van der Waals surface area contributed by atoms with Gasteiger partial charge in [-0.25, -0.2) is 4.63 Å². The molecular weight excluding hydrogens is 262 g/mol. The highest BCUT2D eigenvalue weighted by molar-refractivity contribution is 5.96. The molecule has 1 aliphatic rings. The summed E-state index contributed by atoms with van der Waals surface area (Å²) in [6.45, 7) is 6.02. The van der Waals surface area contributed by atoms with Gasteiger partial charge in [0.05, 0.1) is 0 Å². The molecule has 0 bridgehead atoms. The van der Waals surface area contributed by atoms with Gasteiger partial charge in [-0.05, 0) is 16.2 Å². The number of piperazine rings is 1. The zero-order chi connectivity index (χ0) is 14.7. The Morgan fingerprint density at radius 1 is 1.20 bits per heavy atom. The quantitative estimate of drug-likeness (QED) is 0.834. The third-order valence-corrected chi connectivity index (χ3v) is 3.22. The first kappa shape index (κ1) is 14.3. The van der Waals surface area contributed by atoms with Gasteiger partial charge in [-0.3, -0.25) is 9.59 Å². The molecule has 0 unspecified atom stereocenters. The standard InChI is InChI=1S/C12H19N5O3/c1-8(2)7-9(18)16-3-5-17(6-4-16)12(19)10-11(13)15-20-14-10/h8H,3-7H2,1-2H3,(H2,13,15). The van der Waals surface area contributed by atoms with Crippen molar-refractivity contribution in [1.82, 2.24) is 20.1 Å². The van der Waals surface area contributed by atoms with E-state index in [9.17, 15) is 9.59 Å². The zero-order valence-electron chi connectivity index (χ0n) is 11.7. The Balaban J connectivity index is 1.90. The van der Waals surface area contributed by atoms with Gasteiger partial charge in [0.25, 0.3) is 5.91 Å². The van der Waals surface area contributed by atoms with Crippen molar-refractivity contribution in [3.8, 4) is 0 Å². The fourth-order valence-electron chi connectivity index (χ4n) is 2.13. The Morgan fingerprint density at radius 3 is 2.30 bits per heavy atom. The lowest BCUT2D eigenvalue weighted by Gasteiger charge is -2.34. The Labute approximate surface area is 116 Å². The van der Waals surface area contributed by atoms with Crippen LogP contribution in [0.2, 0.25) is 0 Å². The molecule has 0 aromatic carbocycles. The number of amides is 2. The molecule has 0 aliphatic carbocycles. The zero-order valence-corrected chi connectivity index (χ0v) is 11.7. The Kier molecular flexibility index (Phi) is 4.21. The van der Waals surface area contributed by atoms with Crippen LogP contribution in [0.15, 0.2) is 4.63 Å². The molecule has 1 aliphatic heterocycles. The SMILES string of the molecule is CC(C)CC(=O)N1CCN(C(=O)c2nonc2N)CC1. The van der Waals surface area contributed by atoms with Crippen LogP contribution in [0.4, 0.5) is 5.82 Å². The summed E-state index contributed by atoms with van der Waals surface area (Å²) in [7, 11) is 0. The molecule has 1 aromatic heterocycles. The summed E-state index contributed by atoms with van der Waals surface area (Å²) in [6.07, 6.45) is 0.536. The fourth-order valence-corrected chi connectivity index (χ4v) is 2.13. The van der Waals surface area contributed by atoms with Gasteiger partial charge in [-0.15, -0.1) is 0 Å². The van der Waals surface area contributed by atoms with Crippen molar-refractivity contribution in [2.45, 2.75) is 20.3 Å². The molecule has 0 saturated carbocycles. The van der Waals surface area contributed by atoms with Crippen molar-refractivity contribution >= 4 is 17.6 Å². The van der Waals surface area contributed by atoms with Crippen molar-refractivity contribution < 1.29 is 14.2 Å². The van der Waals surface area contributed by atoms with E-state index in [2.05, 4.69) is 14.9 Å². The summed E-state index contributed by atoms with van der Waals surface area (Å²) in [5.74, 6) is 0.158. The monoisotopic (exact) mass is 281 g/mol. The molecule has 1 fully saturated rings. The van der Waals surface area contributed by atoms with Gasteiger partial charge in [0.2, 0.25) is 17.4 Å². The molecule has 0 atom stereocenters. The number of hydrogen-bond donors (Lipinski definition) is 1. The number of nitrogen functional groups attached to an aromatic ring is 1. The number of anilines is 1. The number of nitrogens with two attached hydrogens (primary N) is 1. The van der Waals surface area contributed by atoms with Gasteiger partial charge >= 0.3 is 0 Å². The van der Waals surface area contributed by atoms with Gasteiger partial charge in [-0.2, -0.15) is 0 Å². The molecule has 8 heteroatoms. The van der Waals surface area contributed by atoms with E-state index in [4.69, 9.17) is 5.73 Å². The van der Waals surface area contributed by atoms with Crippen LogP contribution in [0, 0.1) is 5.92 Å². The Bertz CT molecular complexity index is 491. The molecule has 1 aromatic rings. The molecular formula is C12H19N5O3. The van der Waals surface area contributed by atoms with E-state index in [-0.39, 0.29) is 23.3 Å². The molecule has 0 radical (unpaired) electrons. The number of carbonyl (C=O) groups is 2. The Hall–Kier alpha value is -2.12. The van der Waals surface area contributed by atoms with Crippen LogP contribution in [0.3, 0.4) is 0 Å². The summed E-state index contributed by atoms with van der Waals surface area (Å²) < 4.78 is 4.42. The summed E-state index contributed by atoms with van der Waals surface area (Å²) in [5.41, 5.74) is 5.53. The average molecular weight is 281 g/mol. The van der Waals surface area contributed by atoms with Crippen LogP contribution in [0.25, 0.3) is 0 Å². The Morgan fingerprint density at radius 2 is 1.80 bits per heavy atom. The summed E-state index contributed by atoms with van der Waals surface area (Å²) in [5, 5.41) is 6.89. The molecule has 1 saturated heterocycles. The second kappa shape index (κ2) is 5.89. The van der Waals surface area contributed by atoms with E-state index in [1.807, 2.05) is 13.8 Å². The van der Waals surface area contributed by atoms with Crippen LogP contribution >= 0.6 is 0 Å². The van der Waals surface area contributed by atoms with E-state index in [0.717, 1.165) is 0 Å². The number of nitrogens with zero attached hydrogens (tertiary/aromatic N) is 4. The van der Waals surface area contributed by atoms with Crippen molar-refractivity contribution in [2.24, 2.45) is 5.92 Å². The number of hydrogen-bond acceptors (Lipinski definition) is 6. The van der Waals surface area contributed by atoms with Crippen LogP contribution in [-0.4, -0.2) is 58.1 Å². The smallest absolute Gasteiger partial charge is 0.280 e. The summed E-state index contributed by atoms with van der Waals surface area (Å²) in [4.78, 5) is 27.4. The van der Waals surface area contributed by atoms with Crippen LogP contribution in [0.1, 0.15) is 30.8 Å². The lowest BCUT2D eigenvalue weighted by Crippen LogP contribution is -2.50. The lowest BCUT2D eigenvalue weighted by atomic mass is 10.1. The van der Waals surface area contributed by atoms with Gasteiger partial charge in [-0.1, -0.05) is 13.8 Å². The lowest BCUT2D eigenvalue weighted by molar-refractivity contribution is -0.133. The highest BCUT2D eigenvalue weighted by Gasteiger charge is 2.28. The maximum atomic E-state index is 12.1. The molecule has 2 rings (SSSR count). The minimum atomic E-state index is -0.306. The van der Waals surface area contributed by atoms with Crippen LogP contribution in [0.5, 0.6) is 0 Å². The molecule has 2 heterocycles. The van der Waals surface area contributed by atoms with E-state index in [0.29, 0.717) is 38.5 Å². The van der Waals surface area contributed by atoms with Crippen molar-refractivity contribution in [1.29, 1.82) is 0 Å². The van der Waals surface area contributed by atoms with Crippen LogP contribution in [-0.2, 0) is 4.79 Å². The van der Waals surface area contributed by atoms with Gasteiger partial charge in [0.15, 0.2) is 0 Å². The van der Waals surface area contributed by atoms with E-state index in [1.165, 1.54) is 0 Å². The fraction of sp³-hybridized carbons (Fsp3) is 0.667. The van der Waals surface area contributed by atoms with Crippen molar-refractivity contribution in [3.63, 3.8) is 0 Å². The van der Waals surface area contributed by atoms with E-state index in [1.54, 1.807) is 9.80 Å². The minimum absolute atomic E-state index is 0.00619. The molecule has 0 spiro atoms. The number of carbonyl (C=O) groups excluding carboxylic acids is 2. The molecule has 110 valence electrons. The summed E-state index contributed by atoms with van der Waals surface area (Å²) in [6, 6.07) is 0. The molecule has 2 amide bonds. The normalized spacial score (nSPS) is 15.8. The first-order valence-electron chi connectivity index (χ1n) is 6.64. The maximum Gasteiger partial charge on any atom is 0.280 e. The highest BCUT2D eigenvalue weighted by Crippen LogP contribution is 2.12. The highest BCUT2D eigenvalue weighted by atomic mass is 16.6. The molecule has 8 nitrogen and oxygen atoms in total. The van der Waals surface area contributed by atoms with Gasteiger partial charge in [0.1, 0.15) is 0 Å². The van der Waals surface area contributed by atoms with Crippen molar-refractivity contribution in [2.75, 3.05) is 31.9 Å². The molecule has 2 N–H and O–H groups in total. The van der Waals surface area contributed by atoms with E-state index < -0.39 is 0 Å². The third-order valence-electron chi connectivity index (χ3n) is 3.22. The molecule has 20 heavy (non-hydrogen) atoms. The second-order valence-electron chi connectivity index (χ2n) is 5.27. The topological polar surface area (TPSA) is 106 Å². The second-order valence-corrected chi connectivity index (χ2v) is 5.27. The number of rotatable bonds is 3. The van der Waals surface area contributed by atoms with E-state index >= 15 is 0 Å². The summed E-state index contributed by atoms with van der Waals surface area (Å²) >= 11 is 0. The van der Waals surface area contributed by atoms with Gasteiger partial charge in [0, 0.05) is 32.6 Å². The minimum Gasteiger partial charge on any atom is -0.379 e. The maximum absolute atomic E-state index is 12.1. The van der Waals surface area contributed by atoms with Gasteiger partial charge < -0.3 is 15.5 Å². The predicted octanol–water partition coefficient (Wildman–Crippen LogP) is -0.0177. The predicted molar refractivity (Wildman–Crippen MR) is 70.6 cm³/mol. The largest absolute Gasteiger partial charge is 0.379 e. The van der Waals surface area contributed by atoms with Crippen molar-refractivity contribution in [3.05, 3.63) is 5.69 Å².